The Labute approximate surface area is 100 Å². The van der Waals surface area contributed by atoms with Crippen molar-refractivity contribution < 1.29 is 0 Å². The first-order chi connectivity index (χ1) is 8.25. The van der Waals surface area contributed by atoms with E-state index in [0.717, 1.165) is 12.1 Å². The normalized spacial score (nSPS) is 18.4. The zero-order valence-electron chi connectivity index (χ0n) is 9.64. The summed E-state index contributed by atoms with van der Waals surface area (Å²) in [5.74, 6) is 0.550. The lowest BCUT2D eigenvalue weighted by molar-refractivity contribution is 0.397. The fourth-order valence-electron chi connectivity index (χ4n) is 2.18. The minimum atomic E-state index is 0.550. The van der Waals surface area contributed by atoms with E-state index in [1.165, 1.54) is 16.8 Å². The van der Waals surface area contributed by atoms with E-state index in [2.05, 4.69) is 29.5 Å². The van der Waals surface area contributed by atoms with E-state index in [1.807, 2.05) is 29.5 Å². The Hall–Kier alpha value is -2.07. The van der Waals surface area contributed by atoms with Crippen molar-refractivity contribution in [1.82, 2.24) is 15.4 Å². The first-order valence-corrected chi connectivity index (χ1v) is 5.60. The Morgan fingerprint density at radius 3 is 3.06 bits per heavy atom. The van der Waals surface area contributed by atoms with Gasteiger partial charge in [0.15, 0.2) is 0 Å². The van der Waals surface area contributed by atoms with E-state index in [4.69, 9.17) is 5.73 Å². The Bertz CT molecular complexity index is 537. The van der Waals surface area contributed by atoms with Gasteiger partial charge in [0.25, 0.3) is 0 Å². The van der Waals surface area contributed by atoms with Crippen molar-refractivity contribution in [3.63, 3.8) is 0 Å². The maximum absolute atomic E-state index is 5.62. The van der Waals surface area contributed by atoms with Gasteiger partial charge in [0.05, 0.1) is 5.70 Å². The third kappa shape index (κ3) is 1.62. The van der Waals surface area contributed by atoms with Crippen LogP contribution in [0.1, 0.15) is 12.5 Å². The molecule has 0 aliphatic carbocycles. The summed E-state index contributed by atoms with van der Waals surface area (Å²) in [6.45, 7) is 2.97. The van der Waals surface area contributed by atoms with Crippen molar-refractivity contribution in [3.05, 3.63) is 53.5 Å². The van der Waals surface area contributed by atoms with E-state index >= 15 is 0 Å². The zero-order chi connectivity index (χ0) is 11.8. The van der Waals surface area contributed by atoms with Gasteiger partial charge in [0.1, 0.15) is 5.82 Å². The first-order valence-electron chi connectivity index (χ1n) is 5.60. The second kappa shape index (κ2) is 3.75. The number of nitrogens with zero attached hydrogens (tertiary/aromatic N) is 2. The molecule has 0 unspecified atom stereocenters. The number of nitrogens with one attached hydrogen (secondary N) is 1. The van der Waals surface area contributed by atoms with Gasteiger partial charge in [-0.1, -0.05) is 0 Å². The number of aromatic nitrogens is 1. The van der Waals surface area contributed by atoms with Crippen LogP contribution in [-0.4, -0.2) is 16.5 Å². The second-order valence-corrected chi connectivity index (χ2v) is 4.17. The third-order valence-electron chi connectivity index (χ3n) is 3.02. The predicted octanol–water partition coefficient (Wildman–Crippen LogP) is 1.67. The molecular formula is C13H14N4. The number of anilines is 1. The summed E-state index contributed by atoms with van der Waals surface area (Å²) in [6.07, 6.45) is 8.15. The van der Waals surface area contributed by atoms with Crippen LogP contribution in [0.5, 0.6) is 0 Å². The highest BCUT2D eigenvalue weighted by Crippen LogP contribution is 2.33. The Kier molecular flexibility index (Phi) is 2.23. The number of hydrogen-bond donors (Lipinski definition) is 2. The molecule has 0 radical (unpaired) electrons. The van der Waals surface area contributed by atoms with Crippen LogP contribution in [0.15, 0.2) is 48.0 Å². The van der Waals surface area contributed by atoms with Crippen LogP contribution in [0.2, 0.25) is 0 Å². The molecule has 1 aromatic heterocycles. The van der Waals surface area contributed by atoms with Crippen LogP contribution in [0.4, 0.5) is 5.82 Å². The van der Waals surface area contributed by atoms with E-state index < -0.39 is 0 Å². The number of nitrogens with two attached hydrogens (primary N) is 1. The lowest BCUT2D eigenvalue weighted by Crippen LogP contribution is -2.28. The molecule has 0 amide bonds. The molecule has 0 saturated heterocycles. The van der Waals surface area contributed by atoms with E-state index in [1.54, 1.807) is 0 Å². The molecule has 0 bridgehead atoms. The Balaban J connectivity index is 2.11. The van der Waals surface area contributed by atoms with Gasteiger partial charge in [-0.15, -0.1) is 0 Å². The largest absolute Gasteiger partial charge is 0.384 e. The summed E-state index contributed by atoms with van der Waals surface area (Å²) < 4.78 is 0. The van der Waals surface area contributed by atoms with Gasteiger partial charge < -0.3 is 5.73 Å². The highest BCUT2D eigenvalue weighted by Gasteiger charge is 2.22. The number of nitrogen functional groups attached to an aromatic ring is 1. The first kappa shape index (κ1) is 10.1. The van der Waals surface area contributed by atoms with Gasteiger partial charge in [-0.05, 0) is 36.8 Å². The van der Waals surface area contributed by atoms with Crippen LogP contribution in [-0.2, 0) is 0 Å². The van der Waals surface area contributed by atoms with Gasteiger partial charge in [0.2, 0.25) is 0 Å². The van der Waals surface area contributed by atoms with Crippen molar-refractivity contribution in [2.75, 3.05) is 12.3 Å². The molecule has 0 fully saturated rings. The van der Waals surface area contributed by atoms with E-state index in [-0.39, 0.29) is 0 Å². The summed E-state index contributed by atoms with van der Waals surface area (Å²) in [5.41, 5.74) is 13.6. The number of allylic oxidation sites excluding steroid dienone is 3. The molecule has 0 spiro atoms. The van der Waals surface area contributed by atoms with Crippen molar-refractivity contribution in [1.29, 1.82) is 0 Å². The van der Waals surface area contributed by atoms with Crippen LogP contribution >= 0.6 is 0 Å². The second-order valence-electron chi connectivity index (χ2n) is 4.17. The fourth-order valence-corrected chi connectivity index (χ4v) is 2.18. The third-order valence-corrected chi connectivity index (χ3v) is 3.02. The fraction of sp³-hybridized carbons (Fsp3) is 0.154. The molecule has 3 N–H and O–H groups in total. The molecule has 17 heavy (non-hydrogen) atoms. The molecule has 86 valence electrons. The summed E-state index contributed by atoms with van der Waals surface area (Å²) in [7, 11) is 0. The number of pyridine rings is 1. The van der Waals surface area contributed by atoms with Gasteiger partial charge in [-0.3, -0.25) is 5.01 Å². The van der Waals surface area contributed by atoms with E-state index in [0.29, 0.717) is 5.82 Å². The Morgan fingerprint density at radius 1 is 1.41 bits per heavy atom. The average Bonchev–Trinajstić information content (AvgIpc) is 2.79. The van der Waals surface area contributed by atoms with Crippen molar-refractivity contribution >= 4 is 11.4 Å². The number of rotatable bonds is 1. The molecule has 2 aliphatic heterocycles. The molecule has 0 aromatic carbocycles. The number of fused-ring (bicyclic) bond motifs is 1. The van der Waals surface area contributed by atoms with Crippen molar-refractivity contribution in [2.24, 2.45) is 0 Å². The van der Waals surface area contributed by atoms with Gasteiger partial charge in [0, 0.05) is 30.1 Å². The molecule has 4 nitrogen and oxygen atoms in total. The van der Waals surface area contributed by atoms with E-state index in [9.17, 15) is 0 Å². The molecule has 3 heterocycles. The summed E-state index contributed by atoms with van der Waals surface area (Å²) in [6, 6.07) is 3.85. The number of hydrazine groups is 1. The molecule has 3 rings (SSSR count). The van der Waals surface area contributed by atoms with Crippen molar-refractivity contribution in [3.8, 4) is 0 Å². The van der Waals surface area contributed by atoms with Crippen LogP contribution in [0, 0.1) is 0 Å². The van der Waals surface area contributed by atoms with Crippen molar-refractivity contribution in [2.45, 2.75) is 6.92 Å². The lowest BCUT2D eigenvalue weighted by atomic mass is 9.96. The quantitative estimate of drug-likeness (QED) is 0.764. The molecular weight excluding hydrogens is 212 g/mol. The number of hydrogen-bond acceptors (Lipinski definition) is 4. The molecule has 1 aromatic rings. The minimum Gasteiger partial charge on any atom is -0.384 e. The molecule has 0 saturated carbocycles. The molecule has 4 heteroatoms. The Morgan fingerprint density at radius 2 is 2.29 bits per heavy atom. The minimum absolute atomic E-state index is 0.550. The summed E-state index contributed by atoms with van der Waals surface area (Å²) in [4.78, 5) is 4.16. The van der Waals surface area contributed by atoms with Crippen LogP contribution < -0.4 is 11.2 Å². The molecule has 2 aliphatic rings. The highest BCUT2D eigenvalue weighted by molar-refractivity contribution is 5.83. The summed E-state index contributed by atoms with van der Waals surface area (Å²) >= 11 is 0. The average molecular weight is 226 g/mol. The smallest absolute Gasteiger partial charge is 0.123 e. The zero-order valence-corrected chi connectivity index (χ0v) is 9.64. The standard InChI is InChI=1S/C13H14N4/c1-9-5-7-17-11(4-6-16-17)13(9)10-2-3-12(14)15-8-10/h2-5,7-8,16H,6H2,1H3,(H2,14,15). The highest BCUT2D eigenvalue weighted by atomic mass is 15.5. The molecule has 0 atom stereocenters. The summed E-state index contributed by atoms with van der Waals surface area (Å²) in [5, 5.41) is 2.04. The van der Waals surface area contributed by atoms with Crippen LogP contribution in [0.3, 0.4) is 0 Å². The topological polar surface area (TPSA) is 54.2 Å². The monoisotopic (exact) mass is 226 g/mol. The van der Waals surface area contributed by atoms with Gasteiger partial charge >= 0.3 is 0 Å². The maximum Gasteiger partial charge on any atom is 0.123 e. The van der Waals surface area contributed by atoms with Gasteiger partial charge in [-0.25, -0.2) is 10.4 Å². The van der Waals surface area contributed by atoms with Crippen LogP contribution in [0.25, 0.3) is 5.57 Å². The van der Waals surface area contributed by atoms with Gasteiger partial charge in [-0.2, -0.15) is 0 Å². The predicted molar refractivity (Wildman–Crippen MR) is 68.3 cm³/mol. The SMILES string of the molecule is CC1=C(c2ccc(N)nc2)C2=CCNN2C=C1. The maximum atomic E-state index is 5.62. The lowest BCUT2D eigenvalue weighted by Gasteiger charge is -2.25.